The fourth-order valence-electron chi connectivity index (χ4n) is 12.5. The van der Waals surface area contributed by atoms with E-state index < -0.39 is 49.5 Å². The summed E-state index contributed by atoms with van der Waals surface area (Å²) in [7, 11) is 0. The smallest absolute Gasteiger partial charge is 0.220 e. The zero-order chi connectivity index (χ0) is 67.1. The second kappa shape index (κ2) is 71.9. The fourth-order valence-corrected chi connectivity index (χ4v) is 12.5. The van der Waals surface area contributed by atoms with E-state index in [1.807, 2.05) is 0 Å². The van der Waals surface area contributed by atoms with Crippen molar-refractivity contribution in [2.24, 2.45) is 0 Å². The van der Waals surface area contributed by atoms with Crippen LogP contribution in [-0.2, 0) is 14.3 Å². The van der Waals surface area contributed by atoms with Crippen LogP contribution in [0.4, 0.5) is 0 Å². The Morgan fingerprint density at radius 3 is 0.989 bits per heavy atom. The van der Waals surface area contributed by atoms with E-state index in [1.54, 1.807) is 0 Å². The molecule has 1 rings (SSSR count). The number of aliphatic hydroxyl groups is 5. The monoisotopic (exact) mass is 1300 g/mol. The number of carbonyl (C=O) groups excluding carboxylic acids is 1. The molecule has 1 amide bonds. The second-order valence-electron chi connectivity index (χ2n) is 27.5. The van der Waals surface area contributed by atoms with Gasteiger partial charge in [-0.1, -0.05) is 387 Å². The predicted octanol–water partition coefficient (Wildman–Crippen LogP) is 23.0. The van der Waals surface area contributed by atoms with E-state index in [1.165, 1.54) is 257 Å². The summed E-state index contributed by atoms with van der Waals surface area (Å²) in [5.41, 5.74) is 0. The Bertz CT molecular complexity index is 1800. The first kappa shape index (κ1) is 88.1. The fraction of sp³-hybridized carbons (Fsp3) is 0.798. The molecule has 0 aliphatic carbocycles. The molecule has 0 spiro atoms. The van der Waals surface area contributed by atoms with Gasteiger partial charge in [0.1, 0.15) is 24.4 Å². The first-order chi connectivity index (χ1) is 45.8. The summed E-state index contributed by atoms with van der Waals surface area (Å²) in [6.45, 7) is 3.77. The predicted molar refractivity (Wildman–Crippen MR) is 401 cm³/mol. The average molecular weight is 1300 g/mol. The molecule has 93 heavy (non-hydrogen) atoms. The number of carbonyl (C=O) groups is 1. The number of aliphatic hydroxyl groups excluding tert-OH is 5. The van der Waals surface area contributed by atoms with Gasteiger partial charge in [-0.3, -0.25) is 4.79 Å². The lowest BCUT2D eigenvalue weighted by Crippen LogP contribution is -2.60. The Morgan fingerprint density at radius 1 is 0.376 bits per heavy atom. The average Bonchev–Trinajstić information content (AvgIpc) is 1.02. The van der Waals surface area contributed by atoms with Crippen molar-refractivity contribution in [3.8, 4) is 0 Å². The summed E-state index contributed by atoms with van der Waals surface area (Å²) in [6.07, 6.45) is 97.9. The summed E-state index contributed by atoms with van der Waals surface area (Å²) in [5.74, 6) is -0.142. The number of unbranched alkanes of at least 4 members (excludes halogenated alkanes) is 44. The molecule has 6 N–H and O–H groups in total. The Balaban J connectivity index is 2.08. The van der Waals surface area contributed by atoms with Gasteiger partial charge in [0.15, 0.2) is 6.29 Å². The van der Waals surface area contributed by atoms with Gasteiger partial charge in [-0.15, -0.1) is 0 Å². The van der Waals surface area contributed by atoms with Gasteiger partial charge >= 0.3 is 0 Å². The molecule has 0 aromatic heterocycles. The van der Waals surface area contributed by atoms with Crippen LogP contribution in [0.1, 0.15) is 373 Å². The highest BCUT2D eigenvalue weighted by Gasteiger charge is 2.44. The van der Waals surface area contributed by atoms with Crippen LogP contribution in [-0.4, -0.2) is 87.5 Å². The van der Waals surface area contributed by atoms with Crippen LogP contribution in [0.3, 0.4) is 0 Å². The van der Waals surface area contributed by atoms with E-state index in [4.69, 9.17) is 9.47 Å². The number of hydrogen-bond acceptors (Lipinski definition) is 8. The van der Waals surface area contributed by atoms with Gasteiger partial charge in [0.2, 0.25) is 5.91 Å². The minimum absolute atomic E-state index is 0.139. The number of amides is 1. The number of allylic oxidation sites excluding steroid dienone is 16. The lowest BCUT2D eigenvalue weighted by Gasteiger charge is -2.40. The molecule has 9 nitrogen and oxygen atoms in total. The summed E-state index contributed by atoms with van der Waals surface area (Å²) in [4.78, 5) is 13.2. The van der Waals surface area contributed by atoms with Crippen LogP contribution >= 0.6 is 0 Å². The summed E-state index contributed by atoms with van der Waals surface area (Å²) in [6, 6.07) is -0.726. The van der Waals surface area contributed by atoms with Crippen molar-refractivity contribution in [1.29, 1.82) is 0 Å². The molecule has 1 heterocycles. The summed E-state index contributed by atoms with van der Waals surface area (Å²) in [5, 5.41) is 55.1. The lowest BCUT2D eigenvalue weighted by atomic mass is 9.99. The molecular weight excluding hydrogens is 1150 g/mol. The zero-order valence-corrected chi connectivity index (χ0v) is 60.8. The van der Waals surface area contributed by atoms with Crippen LogP contribution in [0.15, 0.2) is 97.2 Å². The summed E-state index contributed by atoms with van der Waals surface area (Å²) >= 11 is 0. The lowest BCUT2D eigenvalue weighted by molar-refractivity contribution is -0.302. The molecule has 0 saturated carbocycles. The van der Waals surface area contributed by atoms with Gasteiger partial charge in [0.25, 0.3) is 0 Å². The molecule has 1 aliphatic heterocycles. The maximum Gasteiger partial charge on any atom is 0.220 e. The van der Waals surface area contributed by atoms with Gasteiger partial charge in [0, 0.05) is 6.42 Å². The molecule has 1 aliphatic rings. The highest BCUT2D eigenvalue weighted by atomic mass is 16.7. The highest BCUT2D eigenvalue weighted by Crippen LogP contribution is 2.24. The molecule has 9 heteroatoms. The molecule has 1 saturated heterocycles. The quantitative estimate of drug-likeness (QED) is 0.0261. The van der Waals surface area contributed by atoms with Crippen LogP contribution in [0.25, 0.3) is 0 Å². The van der Waals surface area contributed by atoms with E-state index in [9.17, 15) is 30.3 Å². The third-order valence-electron chi connectivity index (χ3n) is 18.7. The Hall–Kier alpha value is -2.89. The van der Waals surface area contributed by atoms with Crippen molar-refractivity contribution in [3.63, 3.8) is 0 Å². The van der Waals surface area contributed by atoms with Crippen LogP contribution in [0.2, 0.25) is 0 Å². The Kier molecular flexibility index (Phi) is 68.1. The van der Waals surface area contributed by atoms with Crippen LogP contribution in [0.5, 0.6) is 0 Å². The van der Waals surface area contributed by atoms with Crippen molar-refractivity contribution in [2.45, 2.75) is 416 Å². The standard InChI is InChI=1S/C84H151NO8/c1-3-5-7-9-11-13-15-17-19-21-23-25-27-29-31-33-35-36-37-38-39-40-41-42-44-46-48-50-52-54-56-58-60-62-64-66-68-70-72-74-80(88)85-77(76-92-84-83(91)82(90)81(89)79(75-86)93-84)78(87)73-71-69-67-65-63-61-59-57-55-53-51-49-47-45-43-34-32-30-28-26-24-22-20-18-16-14-12-10-8-6-4-2/h5,7,11,13,17,19,23,25,29,31,35-36,38-39,41-42,77-79,81-84,86-87,89-91H,3-4,6,8-10,12,14-16,18,20-22,24,26-28,30,32-34,37,40,43-76H2,1-2H3,(H,85,88)/b7-5-,13-11-,19-17-,25-23-,31-29-,36-35-,39-38-,42-41-. The van der Waals surface area contributed by atoms with Crippen molar-refractivity contribution in [3.05, 3.63) is 97.2 Å². The SMILES string of the molecule is CC/C=C\C/C=C\C/C=C\C/C=C\C/C=C\C/C=C\C/C=C\C/C=C\CCCCCCCCCCCCCCCCC(=O)NC(COC1OC(CO)C(O)C(O)C1O)C(O)CCCCCCCCCCCCCCCCCCCCCCCCCCCCCCCCC. The third-order valence-corrected chi connectivity index (χ3v) is 18.7. The van der Waals surface area contributed by atoms with Gasteiger partial charge in [-0.05, 0) is 77.0 Å². The van der Waals surface area contributed by atoms with Crippen molar-refractivity contribution in [2.75, 3.05) is 13.2 Å². The molecule has 540 valence electrons. The number of nitrogens with one attached hydrogen (secondary N) is 1. The number of ether oxygens (including phenoxy) is 2. The summed E-state index contributed by atoms with van der Waals surface area (Å²) < 4.78 is 11.4. The molecule has 0 bridgehead atoms. The minimum Gasteiger partial charge on any atom is -0.394 e. The first-order valence-corrected chi connectivity index (χ1v) is 39.9. The maximum atomic E-state index is 13.2. The van der Waals surface area contributed by atoms with Crippen molar-refractivity contribution < 1.29 is 39.8 Å². The Labute approximate surface area is 574 Å². The van der Waals surface area contributed by atoms with Gasteiger partial charge in [0.05, 0.1) is 25.4 Å². The topological polar surface area (TPSA) is 149 Å². The van der Waals surface area contributed by atoms with Crippen molar-refractivity contribution >= 4 is 5.91 Å². The molecule has 0 aromatic rings. The van der Waals surface area contributed by atoms with E-state index in [2.05, 4.69) is 116 Å². The first-order valence-electron chi connectivity index (χ1n) is 39.9. The molecule has 7 atom stereocenters. The molecule has 1 fully saturated rings. The maximum absolute atomic E-state index is 13.2. The number of hydrogen-bond donors (Lipinski definition) is 6. The number of rotatable bonds is 70. The van der Waals surface area contributed by atoms with Gasteiger partial charge in [-0.25, -0.2) is 0 Å². The third kappa shape index (κ3) is 60.1. The van der Waals surface area contributed by atoms with Crippen LogP contribution < -0.4 is 5.32 Å². The van der Waals surface area contributed by atoms with E-state index >= 15 is 0 Å². The van der Waals surface area contributed by atoms with Crippen molar-refractivity contribution in [1.82, 2.24) is 5.32 Å². The molecule has 7 unspecified atom stereocenters. The van der Waals surface area contributed by atoms with Gasteiger partial charge < -0.3 is 40.3 Å². The largest absolute Gasteiger partial charge is 0.394 e. The van der Waals surface area contributed by atoms with Crippen LogP contribution in [0, 0.1) is 0 Å². The Morgan fingerprint density at radius 2 is 0.667 bits per heavy atom. The molecule has 0 aromatic carbocycles. The molecule has 0 radical (unpaired) electrons. The highest BCUT2D eigenvalue weighted by molar-refractivity contribution is 5.76. The zero-order valence-electron chi connectivity index (χ0n) is 60.8. The van der Waals surface area contributed by atoms with E-state index in [-0.39, 0.29) is 12.5 Å². The second-order valence-corrected chi connectivity index (χ2v) is 27.5. The van der Waals surface area contributed by atoms with Gasteiger partial charge in [-0.2, -0.15) is 0 Å². The molecular formula is C84H151NO8. The van der Waals surface area contributed by atoms with E-state index in [0.717, 1.165) is 89.9 Å². The minimum atomic E-state index is -1.56. The normalized spacial score (nSPS) is 18.1. The van der Waals surface area contributed by atoms with E-state index in [0.29, 0.717) is 12.8 Å².